The van der Waals surface area contributed by atoms with Crippen LogP contribution in [0.5, 0.6) is 0 Å². The van der Waals surface area contributed by atoms with E-state index >= 15 is 0 Å². The first-order valence-corrected chi connectivity index (χ1v) is 8.01. The Balaban J connectivity index is 1.64. The SMILES string of the molecule is O=C(CC(O)C/C=C/c1ccccc1)OC/C=C/c1ccccc1. The summed E-state index contributed by atoms with van der Waals surface area (Å²) in [6.45, 7) is 0.209. The number of aliphatic hydroxyl groups excluding tert-OH is 1. The molecule has 2 rings (SSSR count). The first kappa shape index (κ1) is 17.7. The second kappa shape index (κ2) is 10.2. The molecule has 0 saturated carbocycles. The molecule has 2 aromatic rings. The molecule has 0 saturated heterocycles. The number of ether oxygens (including phenoxy) is 1. The van der Waals surface area contributed by atoms with Gasteiger partial charge < -0.3 is 9.84 Å². The van der Waals surface area contributed by atoms with Crippen LogP contribution >= 0.6 is 0 Å². The number of rotatable bonds is 8. The molecule has 0 aliphatic rings. The fourth-order valence-electron chi connectivity index (χ4n) is 2.15. The summed E-state index contributed by atoms with van der Waals surface area (Å²) in [6.07, 6.45) is 7.17. The van der Waals surface area contributed by atoms with Crippen molar-refractivity contribution in [1.82, 2.24) is 0 Å². The molecule has 1 atom stereocenters. The highest BCUT2D eigenvalue weighted by Crippen LogP contribution is 2.06. The Kier molecular flexibility index (Phi) is 7.51. The molecule has 3 nitrogen and oxygen atoms in total. The predicted molar refractivity (Wildman–Crippen MR) is 97.2 cm³/mol. The molecule has 0 bridgehead atoms. The van der Waals surface area contributed by atoms with Crippen molar-refractivity contribution in [3.8, 4) is 0 Å². The highest BCUT2D eigenvalue weighted by atomic mass is 16.5. The van der Waals surface area contributed by atoms with E-state index in [4.69, 9.17) is 4.74 Å². The summed E-state index contributed by atoms with van der Waals surface area (Å²) in [6, 6.07) is 19.6. The monoisotopic (exact) mass is 322 g/mol. The molecular formula is C21H22O3. The van der Waals surface area contributed by atoms with Crippen molar-refractivity contribution < 1.29 is 14.6 Å². The van der Waals surface area contributed by atoms with Crippen LogP contribution in [-0.4, -0.2) is 23.8 Å². The van der Waals surface area contributed by atoms with Gasteiger partial charge in [-0.3, -0.25) is 4.79 Å². The first-order valence-electron chi connectivity index (χ1n) is 8.01. The average Bonchev–Trinajstić information content (AvgIpc) is 2.60. The van der Waals surface area contributed by atoms with E-state index in [1.807, 2.05) is 78.9 Å². The summed E-state index contributed by atoms with van der Waals surface area (Å²) in [4.78, 5) is 11.7. The maximum atomic E-state index is 11.7. The molecule has 0 fully saturated rings. The minimum atomic E-state index is -0.726. The van der Waals surface area contributed by atoms with E-state index in [0.29, 0.717) is 6.42 Å². The van der Waals surface area contributed by atoms with Crippen LogP contribution in [-0.2, 0) is 9.53 Å². The molecule has 124 valence electrons. The Bertz CT molecular complexity index is 660. The zero-order valence-electron chi connectivity index (χ0n) is 13.5. The van der Waals surface area contributed by atoms with Crippen molar-refractivity contribution in [3.05, 3.63) is 83.9 Å². The zero-order valence-corrected chi connectivity index (χ0v) is 13.5. The zero-order chi connectivity index (χ0) is 17.0. The number of carbonyl (C=O) groups is 1. The molecule has 0 spiro atoms. The van der Waals surface area contributed by atoms with Gasteiger partial charge in [-0.1, -0.05) is 78.9 Å². The highest BCUT2D eigenvalue weighted by Gasteiger charge is 2.09. The van der Waals surface area contributed by atoms with E-state index in [9.17, 15) is 9.90 Å². The van der Waals surface area contributed by atoms with Crippen molar-refractivity contribution >= 4 is 18.1 Å². The molecular weight excluding hydrogens is 300 g/mol. The van der Waals surface area contributed by atoms with Gasteiger partial charge in [0.15, 0.2) is 0 Å². The Morgan fingerprint density at radius 1 is 0.917 bits per heavy atom. The normalized spacial score (nSPS) is 12.5. The number of hydrogen-bond acceptors (Lipinski definition) is 3. The maximum Gasteiger partial charge on any atom is 0.308 e. The lowest BCUT2D eigenvalue weighted by Crippen LogP contribution is -2.15. The molecule has 0 amide bonds. The van der Waals surface area contributed by atoms with Crippen LogP contribution in [0.25, 0.3) is 12.2 Å². The Morgan fingerprint density at radius 3 is 2.04 bits per heavy atom. The number of esters is 1. The summed E-state index contributed by atoms with van der Waals surface area (Å²) in [7, 11) is 0. The van der Waals surface area contributed by atoms with Crippen LogP contribution in [0.2, 0.25) is 0 Å². The van der Waals surface area contributed by atoms with Gasteiger partial charge in [0.1, 0.15) is 6.61 Å². The molecule has 0 aliphatic carbocycles. The first-order chi connectivity index (χ1) is 11.7. The smallest absolute Gasteiger partial charge is 0.308 e. The third-order valence-corrected chi connectivity index (χ3v) is 3.37. The van der Waals surface area contributed by atoms with Crippen LogP contribution in [0.4, 0.5) is 0 Å². The molecule has 1 N–H and O–H groups in total. The fourth-order valence-corrected chi connectivity index (χ4v) is 2.15. The van der Waals surface area contributed by atoms with E-state index in [2.05, 4.69) is 0 Å². The van der Waals surface area contributed by atoms with E-state index in [0.717, 1.165) is 11.1 Å². The summed E-state index contributed by atoms with van der Waals surface area (Å²) < 4.78 is 5.09. The Hall–Kier alpha value is -2.65. The molecule has 1 unspecified atom stereocenters. The van der Waals surface area contributed by atoms with Gasteiger partial charge in [-0.05, 0) is 23.6 Å². The van der Waals surface area contributed by atoms with Gasteiger partial charge in [-0.25, -0.2) is 0 Å². The number of carbonyl (C=O) groups excluding carboxylic acids is 1. The molecule has 24 heavy (non-hydrogen) atoms. The number of aliphatic hydroxyl groups is 1. The Labute approximate surface area is 142 Å². The number of benzene rings is 2. The Morgan fingerprint density at radius 2 is 1.46 bits per heavy atom. The standard InChI is InChI=1S/C21H22O3/c22-20(15-7-13-18-9-3-1-4-10-18)17-21(23)24-16-8-14-19-11-5-2-6-12-19/h1-14,20,22H,15-17H2/b13-7+,14-8+. The fraction of sp³-hybridized carbons (Fsp3) is 0.190. The van der Waals surface area contributed by atoms with Crippen LogP contribution in [0.15, 0.2) is 72.8 Å². The lowest BCUT2D eigenvalue weighted by atomic mass is 10.1. The maximum absolute atomic E-state index is 11.7. The van der Waals surface area contributed by atoms with Gasteiger partial charge in [0, 0.05) is 0 Å². The third-order valence-electron chi connectivity index (χ3n) is 3.37. The van der Waals surface area contributed by atoms with Gasteiger partial charge in [0.05, 0.1) is 12.5 Å². The van der Waals surface area contributed by atoms with Crippen molar-refractivity contribution in [1.29, 1.82) is 0 Å². The molecule has 0 radical (unpaired) electrons. The van der Waals surface area contributed by atoms with Crippen molar-refractivity contribution in [2.24, 2.45) is 0 Å². The highest BCUT2D eigenvalue weighted by molar-refractivity contribution is 5.70. The summed E-state index contributed by atoms with van der Waals surface area (Å²) in [5.74, 6) is -0.395. The van der Waals surface area contributed by atoms with Gasteiger partial charge >= 0.3 is 5.97 Å². The van der Waals surface area contributed by atoms with Crippen LogP contribution in [0, 0.1) is 0 Å². The van der Waals surface area contributed by atoms with E-state index < -0.39 is 12.1 Å². The quantitative estimate of drug-likeness (QED) is 0.744. The van der Waals surface area contributed by atoms with Gasteiger partial charge in [0.2, 0.25) is 0 Å². The molecule has 3 heteroatoms. The second-order valence-electron chi connectivity index (χ2n) is 5.40. The molecule has 0 heterocycles. The number of hydrogen-bond donors (Lipinski definition) is 1. The molecule has 0 aliphatic heterocycles. The van der Waals surface area contributed by atoms with E-state index in [-0.39, 0.29) is 13.0 Å². The summed E-state index contributed by atoms with van der Waals surface area (Å²) in [5, 5.41) is 9.86. The predicted octanol–water partition coefficient (Wildman–Crippen LogP) is 4.10. The molecule has 2 aromatic carbocycles. The second-order valence-corrected chi connectivity index (χ2v) is 5.40. The van der Waals surface area contributed by atoms with Gasteiger partial charge in [0.25, 0.3) is 0 Å². The minimum Gasteiger partial charge on any atom is -0.461 e. The lowest BCUT2D eigenvalue weighted by molar-refractivity contribution is -0.144. The average molecular weight is 322 g/mol. The summed E-state index contributed by atoms with van der Waals surface area (Å²) >= 11 is 0. The van der Waals surface area contributed by atoms with Crippen LogP contribution in [0.1, 0.15) is 24.0 Å². The van der Waals surface area contributed by atoms with Crippen molar-refractivity contribution in [2.45, 2.75) is 18.9 Å². The van der Waals surface area contributed by atoms with Crippen molar-refractivity contribution in [3.63, 3.8) is 0 Å². The van der Waals surface area contributed by atoms with E-state index in [1.165, 1.54) is 0 Å². The topological polar surface area (TPSA) is 46.5 Å². The van der Waals surface area contributed by atoms with Crippen molar-refractivity contribution in [2.75, 3.05) is 6.61 Å². The van der Waals surface area contributed by atoms with Gasteiger partial charge in [-0.15, -0.1) is 0 Å². The molecule has 0 aromatic heterocycles. The van der Waals surface area contributed by atoms with E-state index in [1.54, 1.807) is 6.08 Å². The summed E-state index contributed by atoms with van der Waals surface area (Å²) in [5.41, 5.74) is 2.12. The minimum absolute atomic E-state index is 0.00168. The van der Waals surface area contributed by atoms with Crippen LogP contribution < -0.4 is 0 Å². The van der Waals surface area contributed by atoms with Crippen LogP contribution in [0.3, 0.4) is 0 Å². The van der Waals surface area contributed by atoms with Gasteiger partial charge in [-0.2, -0.15) is 0 Å². The lowest BCUT2D eigenvalue weighted by Gasteiger charge is -2.07. The largest absolute Gasteiger partial charge is 0.461 e. The third kappa shape index (κ3) is 7.07.